The molecule has 3 rings (SSSR count). The lowest BCUT2D eigenvalue weighted by Gasteiger charge is -2.07. The van der Waals surface area contributed by atoms with Crippen LogP contribution in [0, 0.1) is 13.8 Å². The smallest absolute Gasteiger partial charge is 0.408 e. The van der Waals surface area contributed by atoms with Crippen LogP contribution in [0.5, 0.6) is 0 Å². The van der Waals surface area contributed by atoms with Gasteiger partial charge in [0.05, 0.1) is 6.20 Å². The molecule has 24 heavy (non-hydrogen) atoms. The van der Waals surface area contributed by atoms with Crippen LogP contribution in [0.4, 0.5) is 5.69 Å². The molecule has 0 aliphatic heterocycles. The molecule has 0 radical (unpaired) electrons. The number of aromatic nitrogens is 1. The van der Waals surface area contributed by atoms with E-state index in [0.29, 0.717) is 5.76 Å². The van der Waals surface area contributed by atoms with Crippen molar-refractivity contribution in [3.05, 3.63) is 76.4 Å². The van der Waals surface area contributed by atoms with E-state index in [4.69, 9.17) is 4.42 Å². The van der Waals surface area contributed by atoms with Crippen LogP contribution in [-0.4, -0.2) is 10.5 Å². The van der Waals surface area contributed by atoms with Crippen molar-refractivity contribution in [2.24, 2.45) is 0 Å². The van der Waals surface area contributed by atoms with Crippen molar-refractivity contribution in [1.29, 1.82) is 0 Å². The number of carbonyl (C=O) groups is 1. The molecule has 1 amide bonds. The first-order valence-corrected chi connectivity index (χ1v) is 7.66. The largest absolute Gasteiger partial charge is 0.419 e. The minimum absolute atomic E-state index is 0.0947. The highest BCUT2D eigenvalue weighted by atomic mass is 16.4. The molecule has 0 saturated heterocycles. The van der Waals surface area contributed by atoms with Gasteiger partial charge in [-0.2, -0.15) is 0 Å². The molecular weight excluding hydrogens is 304 g/mol. The zero-order valence-corrected chi connectivity index (χ0v) is 13.6. The standard InChI is InChI=1S/C19H18N2O3/c1-13-7-9-15(10-8-13)17-11-21(19(23)24-17)12-18(22)20-16-6-4-3-5-14(16)2/h3-11H,12H2,1-2H3,(H,20,22). The molecule has 0 fully saturated rings. The average Bonchev–Trinajstić information content (AvgIpc) is 2.91. The molecule has 5 nitrogen and oxygen atoms in total. The van der Waals surface area contributed by atoms with Crippen molar-refractivity contribution in [2.45, 2.75) is 20.4 Å². The molecule has 0 spiro atoms. The van der Waals surface area contributed by atoms with Gasteiger partial charge in [0.15, 0.2) is 5.76 Å². The highest BCUT2D eigenvalue weighted by Crippen LogP contribution is 2.18. The Morgan fingerprint density at radius 3 is 2.50 bits per heavy atom. The summed E-state index contributed by atoms with van der Waals surface area (Å²) in [6.45, 7) is 3.80. The maximum Gasteiger partial charge on any atom is 0.419 e. The molecule has 0 atom stereocenters. The summed E-state index contributed by atoms with van der Waals surface area (Å²) in [5.41, 5.74) is 3.62. The molecule has 122 valence electrons. The number of para-hydroxylation sites is 1. The fourth-order valence-electron chi connectivity index (χ4n) is 2.39. The molecule has 1 N–H and O–H groups in total. The molecule has 5 heteroatoms. The first-order valence-electron chi connectivity index (χ1n) is 7.66. The first-order chi connectivity index (χ1) is 11.5. The number of benzene rings is 2. The second-order valence-electron chi connectivity index (χ2n) is 5.72. The van der Waals surface area contributed by atoms with E-state index in [0.717, 1.165) is 22.4 Å². The van der Waals surface area contributed by atoms with E-state index in [9.17, 15) is 9.59 Å². The Labute approximate surface area is 139 Å². The molecule has 0 aliphatic rings. The summed E-state index contributed by atoms with van der Waals surface area (Å²) in [7, 11) is 0. The fraction of sp³-hybridized carbons (Fsp3) is 0.158. The number of nitrogens with zero attached hydrogens (tertiary/aromatic N) is 1. The van der Waals surface area contributed by atoms with Gasteiger partial charge in [0.2, 0.25) is 5.91 Å². The quantitative estimate of drug-likeness (QED) is 0.801. The van der Waals surface area contributed by atoms with Crippen LogP contribution in [0.15, 0.2) is 63.9 Å². The van der Waals surface area contributed by atoms with Crippen molar-refractivity contribution in [2.75, 3.05) is 5.32 Å². The number of aryl methyl sites for hydroxylation is 2. The molecule has 1 aromatic heterocycles. The number of anilines is 1. The first kappa shape index (κ1) is 15.8. The molecule has 0 saturated carbocycles. The molecular formula is C19H18N2O3. The molecule has 0 bridgehead atoms. The predicted octanol–water partition coefficient (Wildman–Crippen LogP) is 3.36. The van der Waals surface area contributed by atoms with Crippen molar-refractivity contribution in [3.63, 3.8) is 0 Å². The van der Waals surface area contributed by atoms with Crippen LogP contribution in [0.2, 0.25) is 0 Å². The van der Waals surface area contributed by atoms with Gasteiger partial charge in [-0.15, -0.1) is 0 Å². The number of hydrogen-bond acceptors (Lipinski definition) is 3. The molecule has 0 aliphatic carbocycles. The lowest BCUT2D eigenvalue weighted by atomic mass is 10.1. The minimum atomic E-state index is -0.550. The molecule has 0 unspecified atom stereocenters. The SMILES string of the molecule is Cc1ccc(-c2cn(CC(=O)Nc3ccccc3C)c(=O)o2)cc1. The van der Waals surface area contributed by atoms with Crippen LogP contribution in [0.25, 0.3) is 11.3 Å². The van der Waals surface area contributed by atoms with Gasteiger partial charge in [0, 0.05) is 11.3 Å². The Kier molecular flexibility index (Phi) is 4.33. The van der Waals surface area contributed by atoms with E-state index in [-0.39, 0.29) is 12.5 Å². The van der Waals surface area contributed by atoms with E-state index in [1.165, 1.54) is 4.57 Å². The number of rotatable bonds is 4. The van der Waals surface area contributed by atoms with Crippen LogP contribution >= 0.6 is 0 Å². The maximum atomic E-state index is 12.2. The fourth-order valence-corrected chi connectivity index (χ4v) is 2.39. The van der Waals surface area contributed by atoms with Crippen LogP contribution in [0.1, 0.15) is 11.1 Å². The van der Waals surface area contributed by atoms with Crippen LogP contribution in [0.3, 0.4) is 0 Å². The Balaban J connectivity index is 1.76. The van der Waals surface area contributed by atoms with Gasteiger partial charge in [-0.3, -0.25) is 9.36 Å². The third-order valence-electron chi connectivity index (χ3n) is 3.77. The van der Waals surface area contributed by atoms with Gasteiger partial charge in [-0.25, -0.2) is 4.79 Å². The average molecular weight is 322 g/mol. The Hall–Kier alpha value is -3.08. The normalized spacial score (nSPS) is 10.6. The Morgan fingerprint density at radius 2 is 1.79 bits per heavy atom. The summed E-state index contributed by atoms with van der Waals surface area (Å²) in [5.74, 6) is -0.378. The van der Waals surface area contributed by atoms with Gasteiger partial charge in [-0.1, -0.05) is 48.0 Å². The van der Waals surface area contributed by atoms with E-state index >= 15 is 0 Å². The monoisotopic (exact) mass is 322 g/mol. The van der Waals surface area contributed by atoms with Gasteiger partial charge in [0.1, 0.15) is 6.54 Å². The third-order valence-corrected chi connectivity index (χ3v) is 3.77. The van der Waals surface area contributed by atoms with Crippen molar-refractivity contribution in [1.82, 2.24) is 4.57 Å². The second kappa shape index (κ2) is 6.58. The van der Waals surface area contributed by atoms with Gasteiger partial charge < -0.3 is 9.73 Å². The molecule has 3 aromatic rings. The Morgan fingerprint density at radius 1 is 1.08 bits per heavy atom. The summed E-state index contributed by atoms with van der Waals surface area (Å²) in [5, 5.41) is 2.80. The molecule has 2 aromatic carbocycles. The highest BCUT2D eigenvalue weighted by Gasteiger charge is 2.12. The highest BCUT2D eigenvalue weighted by molar-refractivity contribution is 5.91. The number of oxazole rings is 1. The van der Waals surface area contributed by atoms with Crippen LogP contribution < -0.4 is 11.1 Å². The van der Waals surface area contributed by atoms with Gasteiger partial charge in [-0.05, 0) is 25.5 Å². The topological polar surface area (TPSA) is 64.2 Å². The molecule has 1 heterocycles. The lowest BCUT2D eigenvalue weighted by molar-refractivity contribution is -0.116. The Bertz CT molecular complexity index is 920. The predicted molar refractivity (Wildman–Crippen MR) is 92.9 cm³/mol. The van der Waals surface area contributed by atoms with E-state index in [2.05, 4.69) is 5.32 Å². The summed E-state index contributed by atoms with van der Waals surface area (Å²) < 4.78 is 6.51. The van der Waals surface area contributed by atoms with Gasteiger partial charge in [0.25, 0.3) is 0 Å². The van der Waals surface area contributed by atoms with Crippen molar-refractivity contribution >= 4 is 11.6 Å². The van der Waals surface area contributed by atoms with Crippen LogP contribution in [-0.2, 0) is 11.3 Å². The summed E-state index contributed by atoms with van der Waals surface area (Å²) >= 11 is 0. The zero-order chi connectivity index (χ0) is 17.1. The van der Waals surface area contributed by atoms with E-state index in [1.54, 1.807) is 6.20 Å². The van der Waals surface area contributed by atoms with E-state index in [1.807, 2.05) is 62.4 Å². The van der Waals surface area contributed by atoms with Crippen molar-refractivity contribution in [3.8, 4) is 11.3 Å². The summed E-state index contributed by atoms with van der Waals surface area (Å²) in [4.78, 5) is 24.1. The summed E-state index contributed by atoms with van der Waals surface area (Å²) in [6.07, 6.45) is 1.56. The number of hydrogen-bond donors (Lipinski definition) is 1. The number of amides is 1. The minimum Gasteiger partial charge on any atom is -0.408 e. The van der Waals surface area contributed by atoms with E-state index < -0.39 is 5.76 Å². The summed E-state index contributed by atoms with van der Waals surface area (Å²) in [6, 6.07) is 15.1. The second-order valence-corrected chi connectivity index (χ2v) is 5.72. The van der Waals surface area contributed by atoms with Crippen molar-refractivity contribution < 1.29 is 9.21 Å². The third kappa shape index (κ3) is 3.46. The van der Waals surface area contributed by atoms with Gasteiger partial charge >= 0.3 is 5.76 Å². The maximum absolute atomic E-state index is 12.2. The zero-order valence-electron chi connectivity index (χ0n) is 13.6. The number of nitrogens with one attached hydrogen (secondary N) is 1. The number of carbonyl (C=O) groups excluding carboxylic acids is 1. The lowest BCUT2D eigenvalue weighted by Crippen LogP contribution is -2.24.